The van der Waals surface area contributed by atoms with Gasteiger partial charge in [0, 0.05) is 30.7 Å². The van der Waals surface area contributed by atoms with Crippen molar-refractivity contribution in [3.8, 4) is 0 Å². The molecule has 0 saturated heterocycles. The summed E-state index contributed by atoms with van der Waals surface area (Å²) in [6.45, 7) is 14.2. The van der Waals surface area contributed by atoms with Crippen molar-refractivity contribution in [2.24, 2.45) is 0 Å². The second kappa shape index (κ2) is 8.90. The Balaban J connectivity index is 4.38. The average Bonchev–Trinajstić information content (AvgIpc) is 2.27. The maximum atomic E-state index is 9.61. The smallest absolute Gasteiger partial charge is 0.0611 e. The van der Waals surface area contributed by atoms with Crippen LogP contribution in [0.4, 0.5) is 0 Å². The SMILES string of the molecule is CCN(CCC(C)(CO)NC(C)C)C(C)CN(C)C. The largest absolute Gasteiger partial charge is 0.394 e. The van der Waals surface area contributed by atoms with Gasteiger partial charge in [-0.2, -0.15) is 0 Å². The molecular formula is C15H35N3O. The van der Waals surface area contributed by atoms with Gasteiger partial charge in [0.2, 0.25) is 0 Å². The van der Waals surface area contributed by atoms with Gasteiger partial charge in [-0.15, -0.1) is 0 Å². The van der Waals surface area contributed by atoms with E-state index in [-0.39, 0.29) is 12.1 Å². The number of nitrogens with one attached hydrogen (secondary N) is 1. The first-order valence-electron chi connectivity index (χ1n) is 7.51. The summed E-state index contributed by atoms with van der Waals surface area (Å²) < 4.78 is 0. The van der Waals surface area contributed by atoms with Crippen LogP contribution in [0.25, 0.3) is 0 Å². The molecule has 0 rings (SSSR count). The molecule has 0 aromatic carbocycles. The van der Waals surface area contributed by atoms with E-state index in [1.54, 1.807) is 0 Å². The third kappa shape index (κ3) is 7.88. The Hall–Kier alpha value is -0.160. The van der Waals surface area contributed by atoms with E-state index in [1.165, 1.54) is 0 Å². The maximum Gasteiger partial charge on any atom is 0.0611 e. The third-order valence-electron chi connectivity index (χ3n) is 3.60. The van der Waals surface area contributed by atoms with Crippen molar-refractivity contribution in [3.05, 3.63) is 0 Å². The molecule has 2 N–H and O–H groups in total. The lowest BCUT2D eigenvalue weighted by atomic mass is 9.97. The zero-order chi connectivity index (χ0) is 15.1. The molecule has 0 saturated carbocycles. The Morgan fingerprint density at radius 3 is 2.16 bits per heavy atom. The van der Waals surface area contributed by atoms with Gasteiger partial charge in [-0.05, 0) is 40.9 Å². The van der Waals surface area contributed by atoms with Crippen LogP contribution in [0.3, 0.4) is 0 Å². The number of nitrogens with zero attached hydrogens (tertiary/aromatic N) is 2. The molecule has 0 heterocycles. The van der Waals surface area contributed by atoms with E-state index in [0.717, 1.165) is 26.1 Å². The quantitative estimate of drug-likeness (QED) is 0.631. The maximum absolute atomic E-state index is 9.61. The summed E-state index contributed by atoms with van der Waals surface area (Å²) in [6, 6.07) is 0.938. The van der Waals surface area contributed by atoms with Crippen molar-refractivity contribution in [2.45, 2.75) is 58.7 Å². The Morgan fingerprint density at radius 1 is 1.21 bits per heavy atom. The van der Waals surface area contributed by atoms with E-state index in [2.05, 4.69) is 63.8 Å². The van der Waals surface area contributed by atoms with Crippen LogP contribution in [0, 0.1) is 0 Å². The molecule has 0 amide bonds. The van der Waals surface area contributed by atoms with Gasteiger partial charge in [-0.25, -0.2) is 0 Å². The first kappa shape index (κ1) is 18.8. The van der Waals surface area contributed by atoms with Crippen molar-refractivity contribution >= 4 is 0 Å². The molecule has 2 atom stereocenters. The summed E-state index contributed by atoms with van der Waals surface area (Å²) in [7, 11) is 4.23. The Bertz CT molecular complexity index is 233. The fraction of sp³-hybridized carbons (Fsp3) is 1.00. The summed E-state index contributed by atoms with van der Waals surface area (Å²) >= 11 is 0. The monoisotopic (exact) mass is 273 g/mol. The van der Waals surface area contributed by atoms with Crippen LogP contribution >= 0.6 is 0 Å². The predicted octanol–water partition coefficient (Wildman–Crippen LogP) is 1.40. The Labute approximate surface area is 120 Å². The second-order valence-electron chi connectivity index (χ2n) is 6.51. The first-order chi connectivity index (χ1) is 8.74. The van der Waals surface area contributed by atoms with Crippen LogP contribution in [-0.4, -0.2) is 72.9 Å². The van der Waals surface area contributed by atoms with Gasteiger partial charge < -0.3 is 15.3 Å². The third-order valence-corrected chi connectivity index (χ3v) is 3.60. The number of likely N-dealkylation sites (N-methyl/N-ethyl adjacent to an activating group) is 2. The summed E-state index contributed by atoms with van der Waals surface area (Å²) in [4.78, 5) is 4.71. The molecule has 0 aromatic heterocycles. The molecular weight excluding hydrogens is 238 g/mol. The normalized spacial score (nSPS) is 17.2. The minimum absolute atomic E-state index is 0.181. The van der Waals surface area contributed by atoms with Crippen molar-refractivity contribution in [3.63, 3.8) is 0 Å². The van der Waals surface area contributed by atoms with E-state index in [1.807, 2.05) is 0 Å². The van der Waals surface area contributed by atoms with Crippen LogP contribution in [0.1, 0.15) is 41.0 Å². The highest BCUT2D eigenvalue weighted by molar-refractivity contribution is 4.85. The number of aliphatic hydroxyl groups excluding tert-OH is 1. The molecule has 0 bridgehead atoms. The van der Waals surface area contributed by atoms with Crippen LogP contribution in [0.15, 0.2) is 0 Å². The lowest BCUT2D eigenvalue weighted by molar-refractivity contribution is 0.120. The number of rotatable bonds is 10. The fourth-order valence-corrected chi connectivity index (χ4v) is 2.62. The Kier molecular flexibility index (Phi) is 8.83. The highest BCUT2D eigenvalue weighted by atomic mass is 16.3. The highest BCUT2D eigenvalue weighted by Crippen LogP contribution is 2.13. The van der Waals surface area contributed by atoms with Gasteiger partial charge in [0.25, 0.3) is 0 Å². The first-order valence-corrected chi connectivity index (χ1v) is 7.51. The van der Waals surface area contributed by atoms with Gasteiger partial charge >= 0.3 is 0 Å². The van der Waals surface area contributed by atoms with Gasteiger partial charge in [-0.3, -0.25) is 4.90 Å². The molecule has 4 nitrogen and oxygen atoms in total. The van der Waals surface area contributed by atoms with Gasteiger partial charge in [0.05, 0.1) is 6.61 Å². The number of aliphatic hydroxyl groups is 1. The molecule has 0 fully saturated rings. The zero-order valence-electron chi connectivity index (χ0n) is 14.0. The molecule has 2 unspecified atom stereocenters. The van der Waals surface area contributed by atoms with E-state index in [9.17, 15) is 5.11 Å². The fourth-order valence-electron chi connectivity index (χ4n) is 2.62. The van der Waals surface area contributed by atoms with Crippen molar-refractivity contribution in [1.82, 2.24) is 15.1 Å². The minimum Gasteiger partial charge on any atom is -0.394 e. The van der Waals surface area contributed by atoms with Gasteiger partial charge in [0.15, 0.2) is 0 Å². The lowest BCUT2D eigenvalue weighted by Gasteiger charge is -2.36. The summed E-state index contributed by atoms with van der Waals surface area (Å²) in [5.41, 5.74) is -0.181. The van der Waals surface area contributed by atoms with Crippen LogP contribution < -0.4 is 5.32 Å². The van der Waals surface area contributed by atoms with Gasteiger partial charge in [-0.1, -0.05) is 20.8 Å². The molecule has 0 spiro atoms. The second-order valence-corrected chi connectivity index (χ2v) is 6.51. The minimum atomic E-state index is -0.181. The van der Waals surface area contributed by atoms with E-state index < -0.39 is 0 Å². The summed E-state index contributed by atoms with van der Waals surface area (Å²) in [5, 5.41) is 13.1. The summed E-state index contributed by atoms with van der Waals surface area (Å²) in [5.74, 6) is 0. The molecule has 0 aromatic rings. The molecule has 0 aliphatic rings. The zero-order valence-corrected chi connectivity index (χ0v) is 14.0. The number of hydrogen-bond donors (Lipinski definition) is 2. The lowest BCUT2D eigenvalue weighted by Crippen LogP contribution is -2.52. The predicted molar refractivity (Wildman–Crippen MR) is 83.6 cm³/mol. The van der Waals surface area contributed by atoms with Crippen molar-refractivity contribution < 1.29 is 5.11 Å². The van der Waals surface area contributed by atoms with Gasteiger partial charge in [0.1, 0.15) is 0 Å². The van der Waals surface area contributed by atoms with Crippen LogP contribution in [-0.2, 0) is 0 Å². The molecule has 4 heteroatoms. The Morgan fingerprint density at radius 2 is 1.79 bits per heavy atom. The number of hydrogen-bond acceptors (Lipinski definition) is 4. The van der Waals surface area contributed by atoms with E-state index >= 15 is 0 Å². The topological polar surface area (TPSA) is 38.7 Å². The van der Waals surface area contributed by atoms with E-state index in [4.69, 9.17) is 0 Å². The molecule has 0 aliphatic carbocycles. The molecule has 0 radical (unpaired) electrons. The van der Waals surface area contributed by atoms with Crippen molar-refractivity contribution in [1.29, 1.82) is 0 Å². The average molecular weight is 273 g/mol. The van der Waals surface area contributed by atoms with E-state index in [0.29, 0.717) is 12.1 Å². The van der Waals surface area contributed by atoms with Crippen LogP contribution in [0.5, 0.6) is 0 Å². The summed E-state index contributed by atoms with van der Waals surface area (Å²) in [6.07, 6.45) is 0.966. The van der Waals surface area contributed by atoms with Crippen molar-refractivity contribution in [2.75, 3.05) is 40.3 Å². The highest BCUT2D eigenvalue weighted by Gasteiger charge is 2.25. The molecule has 0 aliphatic heterocycles. The van der Waals surface area contributed by atoms with Crippen LogP contribution in [0.2, 0.25) is 0 Å². The molecule has 19 heavy (non-hydrogen) atoms. The standard InChI is InChI=1S/C15H35N3O/c1-8-18(14(4)11-17(6)7)10-9-15(5,12-19)16-13(2)3/h13-14,16,19H,8-12H2,1-7H3. The molecule has 116 valence electrons.